The highest BCUT2D eigenvalue weighted by Gasteiger charge is 1.99. The van der Waals surface area contributed by atoms with E-state index in [1.165, 1.54) is 16.9 Å². The van der Waals surface area contributed by atoms with Crippen molar-refractivity contribution < 1.29 is 4.74 Å². The number of nitrogens with one attached hydrogen (secondary N) is 1. The van der Waals surface area contributed by atoms with Crippen molar-refractivity contribution in [3.63, 3.8) is 0 Å². The van der Waals surface area contributed by atoms with Crippen molar-refractivity contribution in [2.45, 2.75) is 6.54 Å². The molecule has 0 saturated heterocycles. The lowest BCUT2D eigenvalue weighted by molar-refractivity contribution is 0.414. The topological polar surface area (TPSA) is 34.1 Å². The van der Waals surface area contributed by atoms with Crippen LogP contribution in [-0.2, 0) is 6.54 Å². The first-order chi connectivity index (χ1) is 7.78. The molecule has 0 radical (unpaired) electrons. The van der Waals surface area contributed by atoms with E-state index >= 15 is 0 Å². The van der Waals surface area contributed by atoms with E-state index in [9.17, 15) is 0 Å². The Bertz CT molecular complexity index is 455. The van der Waals surface area contributed by atoms with Crippen LogP contribution in [0.2, 0.25) is 5.15 Å². The molecule has 1 N–H and O–H groups in total. The monoisotopic (exact) mass is 254 g/mol. The Morgan fingerprint density at radius 3 is 2.69 bits per heavy atom. The highest BCUT2D eigenvalue weighted by Crippen LogP contribution is 2.20. The first-order valence-electron chi connectivity index (χ1n) is 4.76. The van der Waals surface area contributed by atoms with E-state index in [1.54, 1.807) is 12.5 Å². The second-order valence-corrected chi connectivity index (χ2v) is 4.42. The molecule has 84 valence electrons. The maximum Gasteiger partial charge on any atom is 0.184 e. The molecule has 0 aliphatic rings. The molecule has 0 aliphatic heterocycles. The number of benzene rings is 1. The van der Waals surface area contributed by atoms with Crippen molar-refractivity contribution in [3.8, 4) is 5.75 Å². The number of rotatable bonds is 4. The summed E-state index contributed by atoms with van der Waals surface area (Å²) >= 11 is 7.22. The first kappa shape index (κ1) is 11.2. The second-order valence-electron chi connectivity index (χ2n) is 3.18. The van der Waals surface area contributed by atoms with Gasteiger partial charge in [0.15, 0.2) is 5.13 Å². The first-order valence-corrected chi connectivity index (χ1v) is 6.01. The largest absolute Gasteiger partial charge is 0.497 e. The van der Waals surface area contributed by atoms with Gasteiger partial charge in [-0.05, 0) is 17.7 Å². The number of thiazole rings is 1. The Labute approximate surface area is 103 Å². The molecule has 5 heteroatoms. The van der Waals surface area contributed by atoms with E-state index in [0.29, 0.717) is 5.15 Å². The quantitative estimate of drug-likeness (QED) is 0.908. The molecule has 1 aromatic heterocycles. The molecular formula is C11H11ClN2OS. The maximum atomic E-state index is 5.72. The van der Waals surface area contributed by atoms with E-state index in [-0.39, 0.29) is 0 Å². The number of hydrogen-bond acceptors (Lipinski definition) is 4. The van der Waals surface area contributed by atoms with E-state index in [4.69, 9.17) is 16.3 Å². The summed E-state index contributed by atoms with van der Waals surface area (Å²) < 4.78 is 5.09. The molecule has 2 rings (SSSR count). The fourth-order valence-electron chi connectivity index (χ4n) is 1.26. The Morgan fingerprint density at radius 1 is 1.38 bits per heavy atom. The SMILES string of the molecule is COc1ccc(CNc2nc(Cl)cs2)cc1. The number of aromatic nitrogens is 1. The Kier molecular flexibility index (Phi) is 3.64. The van der Waals surface area contributed by atoms with Crippen LogP contribution in [-0.4, -0.2) is 12.1 Å². The summed E-state index contributed by atoms with van der Waals surface area (Å²) in [6.45, 7) is 0.730. The van der Waals surface area contributed by atoms with Gasteiger partial charge in [0.05, 0.1) is 7.11 Å². The number of halogens is 1. The lowest BCUT2D eigenvalue weighted by Gasteiger charge is -2.04. The summed E-state index contributed by atoms with van der Waals surface area (Å²) in [5.74, 6) is 0.862. The van der Waals surface area contributed by atoms with Gasteiger partial charge >= 0.3 is 0 Å². The number of anilines is 1. The third-order valence-electron chi connectivity index (χ3n) is 2.08. The van der Waals surface area contributed by atoms with Gasteiger partial charge in [-0.1, -0.05) is 23.7 Å². The molecule has 1 aromatic carbocycles. The van der Waals surface area contributed by atoms with Crippen LogP contribution in [0.5, 0.6) is 5.75 Å². The zero-order chi connectivity index (χ0) is 11.4. The molecule has 0 spiro atoms. The fraction of sp³-hybridized carbons (Fsp3) is 0.182. The van der Waals surface area contributed by atoms with Gasteiger partial charge in [0.25, 0.3) is 0 Å². The van der Waals surface area contributed by atoms with E-state index in [1.807, 2.05) is 24.3 Å². The minimum atomic E-state index is 0.530. The molecule has 0 fully saturated rings. The molecule has 0 atom stereocenters. The standard InChI is InChI=1S/C11H11ClN2OS/c1-15-9-4-2-8(3-5-9)6-13-11-14-10(12)7-16-11/h2-5,7H,6H2,1H3,(H,13,14). The van der Waals surface area contributed by atoms with Gasteiger partial charge in [0, 0.05) is 11.9 Å². The van der Waals surface area contributed by atoms with Crippen molar-refractivity contribution in [3.05, 3.63) is 40.4 Å². The normalized spacial score (nSPS) is 10.1. The van der Waals surface area contributed by atoms with Gasteiger partial charge in [-0.15, -0.1) is 11.3 Å². The van der Waals surface area contributed by atoms with Gasteiger partial charge in [0.2, 0.25) is 0 Å². The van der Waals surface area contributed by atoms with E-state index in [2.05, 4.69) is 10.3 Å². The zero-order valence-electron chi connectivity index (χ0n) is 8.74. The average Bonchev–Trinajstić information content (AvgIpc) is 2.73. The fourth-order valence-corrected chi connectivity index (χ4v) is 2.09. The van der Waals surface area contributed by atoms with Crippen LogP contribution in [0.3, 0.4) is 0 Å². The minimum absolute atomic E-state index is 0.530. The van der Waals surface area contributed by atoms with Crippen molar-refractivity contribution in [1.82, 2.24) is 4.98 Å². The van der Waals surface area contributed by atoms with Crippen molar-refractivity contribution >= 4 is 28.1 Å². The van der Waals surface area contributed by atoms with E-state index in [0.717, 1.165) is 17.4 Å². The summed E-state index contributed by atoms with van der Waals surface area (Å²) in [5, 5.41) is 6.37. The molecule has 1 heterocycles. The summed E-state index contributed by atoms with van der Waals surface area (Å²) in [4.78, 5) is 4.11. The predicted molar refractivity (Wildman–Crippen MR) is 67.4 cm³/mol. The second kappa shape index (κ2) is 5.18. The molecule has 16 heavy (non-hydrogen) atoms. The third kappa shape index (κ3) is 2.87. The molecule has 0 saturated carbocycles. The predicted octanol–water partition coefficient (Wildman–Crippen LogP) is 3.42. The van der Waals surface area contributed by atoms with Crippen LogP contribution in [0, 0.1) is 0 Å². The molecule has 0 unspecified atom stereocenters. The third-order valence-corrected chi connectivity index (χ3v) is 3.20. The summed E-state index contributed by atoms with van der Waals surface area (Å²) in [5.41, 5.74) is 1.17. The van der Waals surface area contributed by atoms with Gasteiger partial charge < -0.3 is 10.1 Å². The van der Waals surface area contributed by atoms with Crippen molar-refractivity contribution in [1.29, 1.82) is 0 Å². The van der Waals surface area contributed by atoms with E-state index < -0.39 is 0 Å². The van der Waals surface area contributed by atoms with Gasteiger partial charge in [0.1, 0.15) is 10.9 Å². The Morgan fingerprint density at radius 2 is 2.12 bits per heavy atom. The molecule has 0 bridgehead atoms. The highest BCUT2D eigenvalue weighted by molar-refractivity contribution is 7.14. The summed E-state index contributed by atoms with van der Waals surface area (Å²) in [7, 11) is 1.66. The Balaban J connectivity index is 1.94. The number of ether oxygens (including phenoxy) is 1. The average molecular weight is 255 g/mol. The number of nitrogens with zero attached hydrogens (tertiary/aromatic N) is 1. The van der Waals surface area contributed by atoms with Gasteiger partial charge in [-0.3, -0.25) is 0 Å². The highest BCUT2D eigenvalue weighted by atomic mass is 35.5. The zero-order valence-corrected chi connectivity index (χ0v) is 10.3. The van der Waals surface area contributed by atoms with Crippen LogP contribution in [0.15, 0.2) is 29.6 Å². The van der Waals surface area contributed by atoms with Crippen LogP contribution < -0.4 is 10.1 Å². The smallest absolute Gasteiger partial charge is 0.184 e. The Hall–Kier alpha value is -1.26. The van der Waals surface area contributed by atoms with Crippen LogP contribution in [0.1, 0.15) is 5.56 Å². The molecule has 0 amide bonds. The maximum absolute atomic E-state index is 5.72. The summed E-state index contributed by atoms with van der Waals surface area (Å²) in [6.07, 6.45) is 0. The van der Waals surface area contributed by atoms with Crippen LogP contribution in [0.4, 0.5) is 5.13 Å². The number of hydrogen-bond donors (Lipinski definition) is 1. The van der Waals surface area contributed by atoms with Crippen molar-refractivity contribution in [2.24, 2.45) is 0 Å². The molecule has 2 aromatic rings. The molecular weight excluding hydrogens is 244 g/mol. The van der Waals surface area contributed by atoms with Gasteiger partial charge in [-0.25, -0.2) is 4.98 Å². The van der Waals surface area contributed by atoms with Gasteiger partial charge in [-0.2, -0.15) is 0 Å². The van der Waals surface area contributed by atoms with Crippen molar-refractivity contribution in [2.75, 3.05) is 12.4 Å². The molecule has 0 aliphatic carbocycles. The molecule has 3 nitrogen and oxygen atoms in total. The lowest BCUT2D eigenvalue weighted by atomic mass is 10.2. The van der Waals surface area contributed by atoms with Crippen LogP contribution >= 0.6 is 22.9 Å². The van der Waals surface area contributed by atoms with Crippen LogP contribution in [0.25, 0.3) is 0 Å². The minimum Gasteiger partial charge on any atom is -0.497 e. The number of methoxy groups -OCH3 is 1. The lowest BCUT2D eigenvalue weighted by Crippen LogP contribution is -1.98. The summed E-state index contributed by atoms with van der Waals surface area (Å²) in [6, 6.07) is 7.90.